The number of hydrogen-bond donors (Lipinski definition) is 1. The Morgan fingerprint density at radius 1 is 1.19 bits per heavy atom. The van der Waals surface area contributed by atoms with Gasteiger partial charge in [-0.15, -0.1) is 11.3 Å². The average molecular weight is 310 g/mol. The first-order chi connectivity index (χ1) is 9.94. The van der Waals surface area contributed by atoms with Crippen molar-refractivity contribution in [3.05, 3.63) is 21.9 Å². The van der Waals surface area contributed by atoms with Crippen LogP contribution in [-0.4, -0.2) is 25.8 Å². The predicted molar refractivity (Wildman–Crippen MR) is 92.2 cm³/mol. The molecule has 1 saturated carbocycles. The fourth-order valence-electron chi connectivity index (χ4n) is 3.52. The number of thiophene rings is 1. The Morgan fingerprint density at radius 3 is 2.29 bits per heavy atom. The van der Waals surface area contributed by atoms with E-state index in [1.54, 1.807) is 0 Å². The Hall–Kier alpha value is -0.380. The van der Waals surface area contributed by atoms with E-state index >= 15 is 0 Å². The van der Waals surface area contributed by atoms with Gasteiger partial charge in [-0.2, -0.15) is 0 Å². The van der Waals surface area contributed by atoms with Crippen molar-refractivity contribution < 1.29 is 4.74 Å². The molecule has 2 nitrogen and oxygen atoms in total. The minimum absolute atomic E-state index is 0.000633. The molecule has 1 unspecified atom stereocenters. The Bertz CT molecular complexity index is 442. The lowest BCUT2D eigenvalue weighted by Gasteiger charge is -2.47. The summed E-state index contributed by atoms with van der Waals surface area (Å²) in [4.78, 5) is 2.96. The van der Waals surface area contributed by atoms with Crippen molar-refractivity contribution in [1.29, 1.82) is 0 Å². The lowest BCUT2D eigenvalue weighted by atomic mass is 9.68. The number of methoxy groups -OCH3 is 1. The number of hydrogen-bond acceptors (Lipinski definition) is 3. The first kappa shape index (κ1) is 17.0. The van der Waals surface area contributed by atoms with Crippen LogP contribution in [0, 0.1) is 5.41 Å². The zero-order valence-electron chi connectivity index (χ0n) is 14.3. The fourth-order valence-corrected chi connectivity index (χ4v) is 4.52. The van der Waals surface area contributed by atoms with E-state index in [1.165, 1.54) is 22.6 Å². The highest BCUT2D eigenvalue weighted by Crippen LogP contribution is 2.44. The molecular weight excluding hydrogens is 278 g/mol. The molecule has 0 aliphatic heterocycles. The van der Waals surface area contributed by atoms with Crippen molar-refractivity contribution in [1.82, 2.24) is 5.32 Å². The zero-order valence-corrected chi connectivity index (χ0v) is 15.1. The number of nitrogens with one attached hydrogen (secondary N) is 1. The van der Waals surface area contributed by atoms with Crippen molar-refractivity contribution in [2.75, 3.05) is 14.2 Å². The molecule has 1 heterocycles. The van der Waals surface area contributed by atoms with Crippen molar-refractivity contribution in [2.45, 2.75) is 70.9 Å². The average Bonchev–Trinajstić information content (AvgIpc) is 2.93. The van der Waals surface area contributed by atoms with E-state index in [4.69, 9.17) is 4.74 Å². The molecule has 1 aliphatic carbocycles. The summed E-state index contributed by atoms with van der Waals surface area (Å²) >= 11 is 1.95. The van der Waals surface area contributed by atoms with E-state index < -0.39 is 0 Å². The van der Waals surface area contributed by atoms with E-state index in [-0.39, 0.29) is 5.60 Å². The first-order valence-electron chi connectivity index (χ1n) is 8.25. The molecule has 0 saturated heterocycles. The molecule has 0 amide bonds. The second-order valence-electron chi connectivity index (χ2n) is 7.20. The fraction of sp³-hybridized carbons (Fsp3) is 0.778. The molecule has 1 fully saturated rings. The van der Waals surface area contributed by atoms with Crippen molar-refractivity contribution in [3.8, 4) is 0 Å². The number of likely N-dealkylation sites (N-methyl/N-ethyl adjacent to an activating group) is 1. The molecule has 0 spiro atoms. The monoisotopic (exact) mass is 309 g/mol. The van der Waals surface area contributed by atoms with Crippen LogP contribution in [0.3, 0.4) is 0 Å². The van der Waals surface area contributed by atoms with Crippen molar-refractivity contribution >= 4 is 11.3 Å². The molecule has 21 heavy (non-hydrogen) atoms. The lowest BCUT2D eigenvalue weighted by Crippen LogP contribution is -2.54. The smallest absolute Gasteiger partial charge is 0.0834 e. The molecule has 1 aromatic rings. The maximum absolute atomic E-state index is 6.07. The Kier molecular flexibility index (Phi) is 5.50. The summed E-state index contributed by atoms with van der Waals surface area (Å²) in [5.41, 5.74) is 0.471. The van der Waals surface area contributed by atoms with Crippen LogP contribution in [0.25, 0.3) is 0 Å². The third-order valence-corrected chi connectivity index (χ3v) is 6.56. The molecule has 0 aromatic carbocycles. The van der Waals surface area contributed by atoms with Crippen LogP contribution in [0.5, 0.6) is 0 Å². The molecule has 1 atom stereocenters. The predicted octanol–water partition coefficient (Wildman–Crippen LogP) is 4.43. The summed E-state index contributed by atoms with van der Waals surface area (Å²) in [6, 6.07) is 4.97. The summed E-state index contributed by atoms with van der Waals surface area (Å²) in [5.74, 6) is 0. The van der Waals surface area contributed by atoms with Crippen LogP contribution in [0.1, 0.15) is 56.2 Å². The second kappa shape index (κ2) is 6.80. The zero-order chi connectivity index (χ0) is 15.5. The molecule has 1 N–H and O–H groups in total. The molecule has 3 heteroatoms. The Balaban J connectivity index is 2.10. The van der Waals surface area contributed by atoms with E-state index in [0.29, 0.717) is 11.5 Å². The van der Waals surface area contributed by atoms with Crippen LogP contribution in [0.2, 0.25) is 0 Å². The standard InChI is InChI=1S/C18H31NOS/c1-6-14-7-8-15(21-14)13-16(19-4)18(20-5)11-9-17(2,3)10-12-18/h7-8,16,19H,6,9-13H2,1-5H3. The molecular formula is C18H31NOS. The highest BCUT2D eigenvalue weighted by atomic mass is 32.1. The molecule has 0 bridgehead atoms. The van der Waals surface area contributed by atoms with Gasteiger partial charge >= 0.3 is 0 Å². The van der Waals surface area contributed by atoms with E-state index in [9.17, 15) is 0 Å². The van der Waals surface area contributed by atoms with Gasteiger partial charge in [0.15, 0.2) is 0 Å². The summed E-state index contributed by atoms with van der Waals surface area (Å²) in [5, 5.41) is 3.55. The van der Waals surface area contributed by atoms with Crippen LogP contribution in [0.4, 0.5) is 0 Å². The molecule has 0 radical (unpaired) electrons. The van der Waals surface area contributed by atoms with Gasteiger partial charge in [-0.05, 0) is 63.1 Å². The number of ether oxygens (including phenoxy) is 1. The largest absolute Gasteiger partial charge is 0.377 e. The Labute approximate surface area is 134 Å². The van der Waals surface area contributed by atoms with Gasteiger partial charge in [0.1, 0.15) is 0 Å². The molecule has 1 aromatic heterocycles. The summed E-state index contributed by atoms with van der Waals surface area (Å²) in [7, 11) is 3.98. The highest BCUT2D eigenvalue weighted by Gasteiger charge is 2.43. The summed E-state index contributed by atoms with van der Waals surface area (Å²) < 4.78 is 6.07. The van der Waals surface area contributed by atoms with Gasteiger partial charge in [0, 0.05) is 22.9 Å². The second-order valence-corrected chi connectivity index (χ2v) is 8.45. The molecule has 2 rings (SSSR count). The molecule has 1 aliphatic rings. The maximum Gasteiger partial charge on any atom is 0.0834 e. The van der Waals surface area contributed by atoms with Gasteiger partial charge in [0.05, 0.1) is 5.60 Å². The normalized spacial score (nSPS) is 22.1. The Morgan fingerprint density at radius 2 is 1.81 bits per heavy atom. The SMILES string of the molecule is CCc1ccc(CC(NC)C2(OC)CCC(C)(C)CC2)s1. The minimum atomic E-state index is 0.000633. The third-order valence-electron chi connectivity index (χ3n) is 5.31. The number of aryl methyl sites for hydroxylation is 1. The lowest BCUT2D eigenvalue weighted by molar-refractivity contribution is -0.0846. The quantitative estimate of drug-likeness (QED) is 0.839. The minimum Gasteiger partial charge on any atom is -0.377 e. The maximum atomic E-state index is 6.07. The third kappa shape index (κ3) is 3.88. The molecule has 120 valence electrons. The van der Waals surface area contributed by atoms with E-state index in [2.05, 4.69) is 45.3 Å². The highest BCUT2D eigenvalue weighted by molar-refractivity contribution is 7.11. The van der Waals surface area contributed by atoms with Gasteiger partial charge in [0.25, 0.3) is 0 Å². The van der Waals surface area contributed by atoms with Gasteiger partial charge in [-0.25, -0.2) is 0 Å². The topological polar surface area (TPSA) is 21.3 Å². The summed E-state index contributed by atoms with van der Waals surface area (Å²) in [6.45, 7) is 6.99. The van der Waals surface area contributed by atoms with Crippen LogP contribution in [0.15, 0.2) is 12.1 Å². The van der Waals surface area contributed by atoms with Crippen LogP contribution < -0.4 is 5.32 Å². The van der Waals surface area contributed by atoms with Gasteiger partial charge in [0.2, 0.25) is 0 Å². The van der Waals surface area contributed by atoms with Crippen LogP contribution in [-0.2, 0) is 17.6 Å². The summed E-state index contributed by atoms with van der Waals surface area (Å²) in [6.07, 6.45) is 7.04. The van der Waals surface area contributed by atoms with Crippen LogP contribution >= 0.6 is 11.3 Å². The van der Waals surface area contributed by atoms with E-state index in [1.807, 2.05) is 18.4 Å². The van der Waals surface area contributed by atoms with Crippen molar-refractivity contribution in [3.63, 3.8) is 0 Å². The number of rotatable bonds is 6. The van der Waals surface area contributed by atoms with E-state index in [0.717, 1.165) is 25.7 Å². The van der Waals surface area contributed by atoms with Gasteiger partial charge in [-0.1, -0.05) is 20.8 Å². The van der Waals surface area contributed by atoms with Gasteiger partial charge in [-0.3, -0.25) is 0 Å². The van der Waals surface area contributed by atoms with Gasteiger partial charge < -0.3 is 10.1 Å². The van der Waals surface area contributed by atoms with Crippen molar-refractivity contribution in [2.24, 2.45) is 5.41 Å². The first-order valence-corrected chi connectivity index (χ1v) is 9.06.